The molecule has 0 aromatic heterocycles. The zero-order valence-electron chi connectivity index (χ0n) is 5.75. The van der Waals surface area contributed by atoms with E-state index in [4.69, 9.17) is 14.6 Å². The molecule has 2 aliphatic rings. The number of aliphatic hydroxyl groups is 3. The van der Waals surface area contributed by atoms with Gasteiger partial charge in [-0.25, -0.2) is 0 Å². The molecule has 5 atom stereocenters. The minimum Gasteiger partial charge on any atom is -0.387 e. The van der Waals surface area contributed by atoms with Gasteiger partial charge in [0.15, 0.2) is 6.29 Å². The third-order valence-electron chi connectivity index (χ3n) is 2.11. The summed E-state index contributed by atoms with van der Waals surface area (Å²) in [5.41, 5.74) is 0. The predicted octanol–water partition coefficient (Wildman–Crippen LogP) is -2.18. The number of ether oxygens (including phenoxy) is 2. The molecule has 2 bridgehead atoms. The van der Waals surface area contributed by atoms with Gasteiger partial charge >= 0.3 is 0 Å². The molecule has 0 aliphatic carbocycles. The second-order valence-electron chi connectivity index (χ2n) is 2.84. The number of hydrogen-bond donors (Lipinski definition) is 3. The molecule has 2 rings (SSSR count). The van der Waals surface area contributed by atoms with E-state index < -0.39 is 30.7 Å². The third kappa shape index (κ3) is 0.969. The normalized spacial score (nSPS) is 56.5. The fraction of sp³-hybridized carbons (Fsp3) is 1.00. The fourth-order valence-corrected chi connectivity index (χ4v) is 1.46. The standard InChI is InChI=1S/C6H10O5/c7-3-2-1-10-5(3)4(8)6(9)11-2/h2-9H,1H2/t2-,3-,4+,5+,6-/m1/s1. The summed E-state index contributed by atoms with van der Waals surface area (Å²) in [6, 6.07) is 0. The Kier molecular flexibility index (Phi) is 1.62. The lowest BCUT2D eigenvalue weighted by atomic mass is 10.0. The van der Waals surface area contributed by atoms with E-state index in [1.54, 1.807) is 0 Å². The molecule has 2 saturated heterocycles. The Morgan fingerprint density at radius 1 is 1.09 bits per heavy atom. The van der Waals surface area contributed by atoms with Crippen LogP contribution in [0.3, 0.4) is 0 Å². The van der Waals surface area contributed by atoms with E-state index in [1.807, 2.05) is 0 Å². The first kappa shape index (κ1) is 7.45. The van der Waals surface area contributed by atoms with Gasteiger partial charge in [-0.1, -0.05) is 0 Å². The minimum atomic E-state index is -1.23. The Hall–Kier alpha value is -0.200. The van der Waals surface area contributed by atoms with E-state index in [0.29, 0.717) is 0 Å². The monoisotopic (exact) mass is 162 g/mol. The van der Waals surface area contributed by atoms with Gasteiger partial charge in [0.2, 0.25) is 0 Å². The maximum atomic E-state index is 9.28. The maximum absolute atomic E-state index is 9.28. The number of rotatable bonds is 0. The van der Waals surface area contributed by atoms with Crippen LogP contribution < -0.4 is 0 Å². The third-order valence-corrected chi connectivity index (χ3v) is 2.11. The molecule has 0 radical (unpaired) electrons. The van der Waals surface area contributed by atoms with Crippen LogP contribution in [-0.4, -0.2) is 52.6 Å². The van der Waals surface area contributed by atoms with Crippen LogP contribution in [0.15, 0.2) is 0 Å². The highest BCUT2D eigenvalue weighted by molar-refractivity contribution is 4.94. The van der Waals surface area contributed by atoms with Gasteiger partial charge in [0, 0.05) is 0 Å². The average molecular weight is 162 g/mol. The van der Waals surface area contributed by atoms with Gasteiger partial charge in [-0.05, 0) is 0 Å². The number of fused-ring (bicyclic) bond motifs is 2. The van der Waals surface area contributed by atoms with Crippen molar-refractivity contribution >= 4 is 0 Å². The lowest BCUT2D eigenvalue weighted by Gasteiger charge is -2.31. The van der Waals surface area contributed by atoms with E-state index in [2.05, 4.69) is 0 Å². The van der Waals surface area contributed by atoms with Crippen molar-refractivity contribution in [3.8, 4) is 0 Å². The molecular formula is C6H10O5. The lowest BCUT2D eigenvalue weighted by Crippen LogP contribution is -2.52. The predicted molar refractivity (Wildman–Crippen MR) is 32.6 cm³/mol. The van der Waals surface area contributed by atoms with Crippen LogP contribution in [0.1, 0.15) is 0 Å². The van der Waals surface area contributed by atoms with Crippen molar-refractivity contribution in [3.05, 3.63) is 0 Å². The molecule has 2 fully saturated rings. The van der Waals surface area contributed by atoms with Gasteiger partial charge < -0.3 is 24.8 Å². The Labute approximate surface area is 63.2 Å². The fourth-order valence-electron chi connectivity index (χ4n) is 1.46. The molecule has 0 amide bonds. The van der Waals surface area contributed by atoms with Crippen molar-refractivity contribution in [3.63, 3.8) is 0 Å². The van der Waals surface area contributed by atoms with Crippen LogP contribution in [0.5, 0.6) is 0 Å². The topological polar surface area (TPSA) is 79.2 Å². The molecule has 11 heavy (non-hydrogen) atoms. The molecule has 0 aromatic rings. The van der Waals surface area contributed by atoms with Gasteiger partial charge in [-0.2, -0.15) is 0 Å². The van der Waals surface area contributed by atoms with Crippen LogP contribution in [-0.2, 0) is 9.47 Å². The molecule has 0 saturated carbocycles. The van der Waals surface area contributed by atoms with Crippen LogP contribution in [0.2, 0.25) is 0 Å². The van der Waals surface area contributed by atoms with Gasteiger partial charge in [0.1, 0.15) is 24.4 Å². The first-order valence-electron chi connectivity index (χ1n) is 3.51. The molecule has 0 unspecified atom stereocenters. The Bertz CT molecular complexity index is 161. The number of hydrogen-bond acceptors (Lipinski definition) is 5. The van der Waals surface area contributed by atoms with Gasteiger partial charge in [-0.15, -0.1) is 0 Å². The molecule has 3 N–H and O–H groups in total. The van der Waals surface area contributed by atoms with E-state index in [0.717, 1.165) is 0 Å². The maximum Gasteiger partial charge on any atom is 0.184 e. The van der Waals surface area contributed by atoms with Gasteiger partial charge in [0.25, 0.3) is 0 Å². The molecule has 0 spiro atoms. The van der Waals surface area contributed by atoms with E-state index in [1.165, 1.54) is 0 Å². The van der Waals surface area contributed by atoms with Crippen molar-refractivity contribution in [2.45, 2.75) is 30.7 Å². The molecule has 2 heterocycles. The molecule has 5 heteroatoms. The molecule has 64 valence electrons. The van der Waals surface area contributed by atoms with E-state index in [9.17, 15) is 10.2 Å². The van der Waals surface area contributed by atoms with Crippen molar-refractivity contribution in [2.24, 2.45) is 0 Å². The Morgan fingerprint density at radius 2 is 1.82 bits per heavy atom. The minimum absolute atomic E-state index is 0.236. The zero-order valence-corrected chi connectivity index (χ0v) is 5.75. The SMILES string of the molecule is O[C@H]1[C@H]2OC[C@@H](O[C@H]1O)[C@H]2O. The quantitative estimate of drug-likeness (QED) is 0.377. The summed E-state index contributed by atoms with van der Waals surface area (Å²) in [4.78, 5) is 0. The van der Waals surface area contributed by atoms with Crippen molar-refractivity contribution < 1.29 is 24.8 Å². The zero-order chi connectivity index (χ0) is 8.01. The molecule has 2 aliphatic heterocycles. The summed E-state index contributed by atoms with van der Waals surface area (Å²) in [6.07, 6.45) is -4.35. The Balaban J connectivity index is 2.16. The van der Waals surface area contributed by atoms with E-state index >= 15 is 0 Å². The average Bonchev–Trinajstić information content (AvgIpc) is 2.23. The molecule has 5 nitrogen and oxygen atoms in total. The van der Waals surface area contributed by atoms with Crippen molar-refractivity contribution in [1.82, 2.24) is 0 Å². The van der Waals surface area contributed by atoms with Crippen LogP contribution in [0.25, 0.3) is 0 Å². The Morgan fingerprint density at radius 3 is 2.55 bits per heavy atom. The van der Waals surface area contributed by atoms with Crippen LogP contribution >= 0.6 is 0 Å². The summed E-state index contributed by atoms with van der Waals surface area (Å²) >= 11 is 0. The van der Waals surface area contributed by atoms with Gasteiger partial charge in [0.05, 0.1) is 6.61 Å². The second-order valence-corrected chi connectivity index (χ2v) is 2.84. The van der Waals surface area contributed by atoms with Gasteiger partial charge in [-0.3, -0.25) is 0 Å². The van der Waals surface area contributed by atoms with Crippen molar-refractivity contribution in [2.75, 3.05) is 6.61 Å². The highest BCUT2D eigenvalue weighted by atomic mass is 16.7. The first-order valence-corrected chi connectivity index (χ1v) is 3.51. The van der Waals surface area contributed by atoms with Crippen LogP contribution in [0, 0.1) is 0 Å². The lowest BCUT2D eigenvalue weighted by molar-refractivity contribution is -0.242. The highest BCUT2D eigenvalue weighted by Crippen LogP contribution is 2.28. The molecule has 0 aromatic carbocycles. The molecular weight excluding hydrogens is 152 g/mol. The van der Waals surface area contributed by atoms with E-state index in [-0.39, 0.29) is 6.61 Å². The summed E-state index contributed by atoms with van der Waals surface area (Å²) in [6.45, 7) is 0.236. The summed E-state index contributed by atoms with van der Waals surface area (Å²) in [7, 11) is 0. The second kappa shape index (κ2) is 2.40. The summed E-state index contributed by atoms with van der Waals surface area (Å²) in [5, 5.41) is 27.5. The summed E-state index contributed by atoms with van der Waals surface area (Å²) in [5.74, 6) is 0. The van der Waals surface area contributed by atoms with Crippen molar-refractivity contribution in [1.29, 1.82) is 0 Å². The largest absolute Gasteiger partial charge is 0.387 e. The first-order chi connectivity index (χ1) is 5.20. The summed E-state index contributed by atoms with van der Waals surface area (Å²) < 4.78 is 9.82. The number of aliphatic hydroxyl groups excluding tert-OH is 3. The highest BCUT2D eigenvalue weighted by Gasteiger charge is 2.49. The van der Waals surface area contributed by atoms with Crippen LogP contribution in [0.4, 0.5) is 0 Å². The smallest absolute Gasteiger partial charge is 0.184 e.